The number of rotatable bonds is 3. The number of hydrogen-bond acceptors (Lipinski definition) is 2. The summed E-state index contributed by atoms with van der Waals surface area (Å²) in [6, 6.07) is 16.9. The zero-order valence-electron chi connectivity index (χ0n) is 13.1. The van der Waals surface area contributed by atoms with Crippen LogP contribution in [0.25, 0.3) is 6.08 Å². The molecule has 1 atom stereocenters. The largest absolute Gasteiger partial charge is 0.367 e. The molecule has 1 saturated heterocycles. The minimum Gasteiger partial charge on any atom is -0.367 e. The fraction of sp³-hybridized carbons (Fsp3) is 0.300. The van der Waals surface area contributed by atoms with Crippen LogP contribution in [0.2, 0.25) is 5.02 Å². The van der Waals surface area contributed by atoms with E-state index in [1.165, 1.54) is 23.2 Å². The Hall–Kier alpha value is -1.77. The molecule has 0 saturated carbocycles. The molecule has 2 aliphatic rings. The third-order valence-corrected chi connectivity index (χ3v) is 5.31. The predicted molar refractivity (Wildman–Crippen MR) is 98.3 cm³/mol. The number of anilines is 1. The lowest BCUT2D eigenvalue weighted by molar-refractivity contribution is 0.501. The Balaban J connectivity index is 1.53. The van der Waals surface area contributed by atoms with Gasteiger partial charge in [-0.05, 0) is 42.3 Å². The molecule has 1 spiro atoms. The van der Waals surface area contributed by atoms with Gasteiger partial charge >= 0.3 is 0 Å². The van der Waals surface area contributed by atoms with Crippen molar-refractivity contribution < 1.29 is 0 Å². The van der Waals surface area contributed by atoms with Gasteiger partial charge in [0.15, 0.2) is 0 Å². The molecule has 0 aliphatic carbocycles. The fourth-order valence-electron chi connectivity index (χ4n) is 3.89. The van der Waals surface area contributed by atoms with E-state index in [2.05, 4.69) is 58.8 Å². The predicted octanol–water partition coefficient (Wildman–Crippen LogP) is 4.10. The van der Waals surface area contributed by atoms with Crippen molar-refractivity contribution >= 4 is 23.4 Å². The molecule has 1 fully saturated rings. The van der Waals surface area contributed by atoms with E-state index in [0.717, 1.165) is 31.2 Å². The normalized spacial score (nSPS) is 23.1. The Kier molecular flexibility index (Phi) is 3.88. The Morgan fingerprint density at radius 3 is 2.74 bits per heavy atom. The summed E-state index contributed by atoms with van der Waals surface area (Å²) in [6.07, 6.45) is 5.67. The molecule has 23 heavy (non-hydrogen) atoms. The highest BCUT2D eigenvalue weighted by Gasteiger charge is 2.43. The van der Waals surface area contributed by atoms with Crippen molar-refractivity contribution in [1.29, 1.82) is 0 Å². The van der Waals surface area contributed by atoms with Gasteiger partial charge in [0.05, 0.1) is 0 Å². The van der Waals surface area contributed by atoms with E-state index in [1.54, 1.807) is 0 Å². The van der Waals surface area contributed by atoms with Crippen molar-refractivity contribution in [3.8, 4) is 0 Å². The summed E-state index contributed by atoms with van der Waals surface area (Å²) in [7, 11) is 0. The molecule has 0 bridgehead atoms. The van der Waals surface area contributed by atoms with Crippen LogP contribution in [-0.2, 0) is 5.41 Å². The molecule has 1 N–H and O–H groups in total. The molecule has 4 rings (SSSR count). The minimum absolute atomic E-state index is 0.310. The molecule has 118 valence electrons. The van der Waals surface area contributed by atoms with Crippen LogP contribution < -0.4 is 10.2 Å². The summed E-state index contributed by atoms with van der Waals surface area (Å²) in [4.78, 5) is 2.51. The Labute approximate surface area is 142 Å². The molecular formula is C20H21ClN2. The van der Waals surface area contributed by atoms with Crippen LogP contribution in [0.3, 0.4) is 0 Å². The molecule has 2 aromatic rings. The van der Waals surface area contributed by atoms with E-state index in [9.17, 15) is 0 Å². The van der Waals surface area contributed by atoms with Gasteiger partial charge in [0, 0.05) is 35.8 Å². The van der Waals surface area contributed by atoms with Gasteiger partial charge in [0.25, 0.3) is 0 Å². The van der Waals surface area contributed by atoms with Crippen LogP contribution in [0, 0.1) is 0 Å². The van der Waals surface area contributed by atoms with Crippen molar-refractivity contribution in [3.05, 3.63) is 70.8 Å². The summed E-state index contributed by atoms with van der Waals surface area (Å²) in [5.41, 5.74) is 4.42. The van der Waals surface area contributed by atoms with Gasteiger partial charge < -0.3 is 10.2 Å². The molecule has 2 aromatic carbocycles. The quantitative estimate of drug-likeness (QED) is 0.914. The highest BCUT2D eigenvalue weighted by atomic mass is 35.5. The van der Waals surface area contributed by atoms with E-state index in [-0.39, 0.29) is 0 Å². The second-order valence-electron chi connectivity index (χ2n) is 6.56. The summed E-state index contributed by atoms with van der Waals surface area (Å²) < 4.78 is 0. The lowest BCUT2D eigenvalue weighted by Crippen LogP contribution is -2.35. The highest BCUT2D eigenvalue weighted by Crippen LogP contribution is 2.44. The maximum Gasteiger partial charge on any atom is 0.0408 e. The van der Waals surface area contributed by atoms with Gasteiger partial charge in [-0.1, -0.05) is 54.1 Å². The maximum absolute atomic E-state index is 5.94. The van der Waals surface area contributed by atoms with Crippen LogP contribution in [0.1, 0.15) is 17.5 Å². The van der Waals surface area contributed by atoms with Gasteiger partial charge in [-0.15, -0.1) is 0 Å². The lowest BCUT2D eigenvalue weighted by atomic mass is 9.82. The molecule has 3 heteroatoms. The van der Waals surface area contributed by atoms with Crippen molar-refractivity contribution in [2.24, 2.45) is 0 Å². The third-order valence-electron chi connectivity index (χ3n) is 5.06. The van der Waals surface area contributed by atoms with E-state index in [0.29, 0.717) is 5.41 Å². The molecule has 2 nitrogen and oxygen atoms in total. The van der Waals surface area contributed by atoms with Crippen LogP contribution >= 0.6 is 11.6 Å². The van der Waals surface area contributed by atoms with Gasteiger partial charge in [-0.25, -0.2) is 0 Å². The SMILES string of the molecule is Clc1ccc(/C=C/CN2CC3(CCNC3)c3ccccc32)cc1. The first-order chi connectivity index (χ1) is 11.3. The number of halogens is 1. The number of para-hydroxylation sites is 1. The van der Waals surface area contributed by atoms with Crippen LogP contribution in [0.4, 0.5) is 5.69 Å². The summed E-state index contributed by atoms with van der Waals surface area (Å²) >= 11 is 5.94. The van der Waals surface area contributed by atoms with Crippen LogP contribution in [-0.4, -0.2) is 26.2 Å². The maximum atomic E-state index is 5.94. The average molecular weight is 325 g/mol. The van der Waals surface area contributed by atoms with Gasteiger partial charge in [-0.2, -0.15) is 0 Å². The first-order valence-corrected chi connectivity index (χ1v) is 8.62. The Morgan fingerprint density at radius 1 is 1.13 bits per heavy atom. The van der Waals surface area contributed by atoms with Crippen molar-refractivity contribution in [1.82, 2.24) is 5.32 Å². The highest BCUT2D eigenvalue weighted by molar-refractivity contribution is 6.30. The second-order valence-corrected chi connectivity index (χ2v) is 7.00. The molecule has 2 aliphatic heterocycles. The summed E-state index contributed by atoms with van der Waals surface area (Å²) in [5.74, 6) is 0. The standard InChI is InChI=1S/C20H21ClN2/c21-17-9-7-16(8-10-17)4-3-13-23-15-20(11-12-22-14-20)18-5-1-2-6-19(18)23/h1-10,22H,11-15H2/b4-3+. The Bertz CT molecular complexity index is 715. The van der Waals surface area contributed by atoms with E-state index in [1.807, 2.05) is 12.1 Å². The second kappa shape index (κ2) is 6.03. The third kappa shape index (κ3) is 2.77. The summed E-state index contributed by atoms with van der Waals surface area (Å²) in [6.45, 7) is 4.29. The van der Waals surface area contributed by atoms with E-state index in [4.69, 9.17) is 11.6 Å². The first kappa shape index (κ1) is 14.8. The van der Waals surface area contributed by atoms with Crippen molar-refractivity contribution in [2.45, 2.75) is 11.8 Å². The van der Waals surface area contributed by atoms with Gasteiger partial charge in [0.1, 0.15) is 0 Å². The smallest absolute Gasteiger partial charge is 0.0408 e. The summed E-state index contributed by atoms with van der Waals surface area (Å²) in [5, 5.41) is 4.33. The van der Waals surface area contributed by atoms with Gasteiger partial charge in [-0.3, -0.25) is 0 Å². The molecule has 2 heterocycles. The molecule has 0 radical (unpaired) electrons. The topological polar surface area (TPSA) is 15.3 Å². The minimum atomic E-state index is 0.310. The van der Waals surface area contributed by atoms with Crippen molar-refractivity contribution in [3.63, 3.8) is 0 Å². The molecule has 1 unspecified atom stereocenters. The van der Waals surface area contributed by atoms with Crippen LogP contribution in [0.15, 0.2) is 54.6 Å². The zero-order valence-corrected chi connectivity index (χ0v) is 13.9. The number of nitrogens with zero attached hydrogens (tertiary/aromatic N) is 1. The fourth-order valence-corrected chi connectivity index (χ4v) is 4.02. The molecule has 0 amide bonds. The van der Waals surface area contributed by atoms with Crippen LogP contribution in [0.5, 0.6) is 0 Å². The zero-order chi connectivity index (χ0) is 15.7. The van der Waals surface area contributed by atoms with Crippen molar-refractivity contribution in [2.75, 3.05) is 31.1 Å². The first-order valence-electron chi connectivity index (χ1n) is 8.24. The van der Waals surface area contributed by atoms with E-state index >= 15 is 0 Å². The number of nitrogens with one attached hydrogen (secondary N) is 1. The molecule has 0 aromatic heterocycles. The Morgan fingerprint density at radius 2 is 1.96 bits per heavy atom. The van der Waals surface area contributed by atoms with Gasteiger partial charge in [0.2, 0.25) is 0 Å². The molecular weight excluding hydrogens is 304 g/mol. The average Bonchev–Trinajstić information content (AvgIpc) is 3.17. The number of benzene rings is 2. The number of fused-ring (bicyclic) bond motifs is 2. The number of hydrogen-bond donors (Lipinski definition) is 1. The monoisotopic (exact) mass is 324 g/mol. The lowest BCUT2D eigenvalue weighted by Gasteiger charge is -2.24. The van der Waals surface area contributed by atoms with E-state index < -0.39 is 0 Å².